The van der Waals surface area contributed by atoms with Gasteiger partial charge in [0.1, 0.15) is 0 Å². The molecule has 0 spiro atoms. The molecule has 1 heterocycles. The van der Waals surface area contributed by atoms with E-state index in [1.165, 1.54) is 0 Å². The highest BCUT2D eigenvalue weighted by Crippen LogP contribution is 2.09. The van der Waals surface area contributed by atoms with Crippen LogP contribution in [0.1, 0.15) is 20.8 Å². The van der Waals surface area contributed by atoms with Gasteiger partial charge in [-0.25, -0.2) is 0 Å². The summed E-state index contributed by atoms with van der Waals surface area (Å²) < 4.78 is 0. The molecule has 1 rings (SSSR count). The van der Waals surface area contributed by atoms with Gasteiger partial charge in [0.05, 0.1) is 13.1 Å². The van der Waals surface area contributed by atoms with Crippen molar-refractivity contribution in [1.29, 1.82) is 0 Å². The average Bonchev–Trinajstić information content (AvgIpc) is 2.39. The van der Waals surface area contributed by atoms with Crippen LogP contribution in [0, 0.1) is 10.1 Å². The van der Waals surface area contributed by atoms with Crippen molar-refractivity contribution in [2.45, 2.75) is 32.9 Å². The maximum atomic E-state index is 10.9. The summed E-state index contributed by atoms with van der Waals surface area (Å²) >= 11 is 0. The summed E-state index contributed by atoms with van der Waals surface area (Å²) in [5.41, 5.74) is 0. The van der Waals surface area contributed by atoms with Crippen LogP contribution in [0.4, 0.5) is 0 Å². The molecular formula is C10H21N3O2. The summed E-state index contributed by atoms with van der Waals surface area (Å²) in [7, 11) is 0. The number of nitro groups is 1. The Bertz CT molecular complexity index is 221. The van der Waals surface area contributed by atoms with Gasteiger partial charge >= 0.3 is 0 Å². The second-order valence-electron chi connectivity index (χ2n) is 4.42. The van der Waals surface area contributed by atoms with Crippen LogP contribution in [0.5, 0.6) is 0 Å². The molecule has 1 saturated heterocycles. The van der Waals surface area contributed by atoms with E-state index in [0.717, 1.165) is 19.6 Å². The van der Waals surface area contributed by atoms with Gasteiger partial charge in [0.2, 0.25) is 6.04 Å². The zero-order valence-corrected chi connectivity index (χ0v) is 9.85. The van der Waals surface area contributed by atoms with Gasteiger partial charge < -0.3 is 0 Å². The van der Waals surface area contributed by atoms with Crippen molar-refractivity contribution >= 4 is 0 Å². The molecule has 1 unspecified atom stereocenters. The van der Waals surface area contributed by atoms with Crippen molar-refractivity contribution in [3.63, 3.8) is 0 Å². The van der Waals surface area contributed by atoms with Gasteiger partial charge in [-0.15, -0.1) is 0 Å². The minimum Gasteiger partial charge on any atom is -0.296 e. The molecule has 1 atom stereocenters. The normalized spacial score (nSPS) is 25.5. The maximum Gasteiger partial charge on any atom is 0.238 e. The number of likely N-dealkylation sites (N-methyl/N-ethyl adjacent to an activating group) is 1. The van der Waals surface area contributed by atoms with E-state index in [-0.39, 0.29) is 4.92 Å². The second kappa shape index (κ2) is 5.42. The first-order valence-electron chi connectivity index (χ1n) is 5.64. The Balaban J connectivity index is 2.66. The molecule has 15 heavy (non-hydrogen) atoms. The zero-order valence-electron chi connectivity index (χ0n) is 9.85. The summed E-state index contributed by atoms with van der Waals surface area (Å²) in [6.45, 7) is 10.2. The van der Waals surface area contributed by atoms with Crippen LogP contribution < -0.4 is 0 Å². The quantitative estimate of drug-likeness (QED) is 0.513. The van der Waals surface area contributed by atoms with E-state index in [0.29, 0.717) is 19.1 Å². The lowest BCUT2D eigenvalue weighted by molar-refractivity contribution is -0.522. The monoisotopic (exact) mass is 215 g/mol. The van der Waals surface area contributed by atoms with Gasteiger partial charge in [0, 0.05) is 24.1 Å². The highest BCUT2D eigenvalue weighted by Gasteiger charge is 2.30. The molecule has 0 bridgehead atoms. The minimum absolute atomic E-state index is 0.136. The third-order valence-corrected chi connectivity index (χ3v) is 3.09. The van der Waals surface area contributed by atoms with Crippen LogP contribution in [0.2, 0.25) is 0 Å². The van der Waals surface area contributed by atoms with Gasteiger partial charge in [0.15, 0.2) is 0 Å². The molecule has 1 aliphatic heterocycles. The van der Waals surface area contributed by atoms with E-state index in [2.05, 4.69) is 30.6 Å². The van der Waals surface area contributed by atoms with Crippen LogP contribution >= 0.6 is 0 Å². The van der Waals surface area contributed by atoms with E-state index in [1.54, 1.807) is 0 Å². The standard InChI is InChI=1S/C10H21N3O2/c1-4-11-5-6-12(9(2)3)8-10(7-11)13(14)15/h9-10H,4-8H2,1-3H3. The summed E-state index contributed by atoms with van der Waals surface area (Å²) in [4.78, 5) is 15.1. The molecule has 0 aromatic heterocycles. The smallest absolute Gasteiger partial charge is 0.238 e. The van der Waals surface area contributed by atoms with Gasteiger partial charge in [-0.05, 0) is 20.4 Å². The molecule has 0 radical (unpaired) electrons. The van der Waals surface area contributed by atoms with Crippen molar-refractivity contribution < 1.29 is 4.92 Å². The molecule has 5 heteroatoms. The Hall–Kier alpha value is -0.680. The topological polar surface area (TPSA) is 49.6 Å². The largest absolute Gasteiger partial charge is 0.296 e. The fraction of sp³-hybridized carbons (Fsp3) is 1.00. The Morgan fingerprint density at radius 1 is 1.40 bits per heavy atom. The first-order chi connectivity index (χ1) is 7.04. The second-order valence-corrected chi connectivity index (χ2v) is 4.42. The molecular weight excluding hydrogens is 194 g/mol. The van der Waals surface area contributed by atoms with Crippen molar-refractivity contribution in [3.8, 4) is 0 Å². The molecule has 0 amide bonds. The van der Waals surface area contributed by atoms with Crippen LogP contribution in [0.25, 0.3) is 0 Å². The molecule has 1 aliphatic rings. The van der Waals surface area contributed by atoms with Gasteiger partial charge in [-0.2, -0.15) is 0 Å². The molecule has 88 valence electrons. The molecule has 0 aliphatic carbocycles. The third kappa shape index (κ3) is 3.43. The average molecular weight is 215 g/mol. The summed E-state index contributed by atoms with van der Waals surface area (Å²) in [5, 5.41) is 10.9. The van der Waals surface area contributed by atoms with E-state index >= 15 is 0 Å². The minimum atomic E-state index is -0.435. The lowest BCUT2D eigenvalue weighted by atomic mass is 10.2. The zero-order chi connectivity index (χ0) is 11.4. The van der Waals surface area contributed by atoms with E-state index in [4.69, 9.17) is 0 Å². The Morgan fingerprint density at radius 2 is 2.07 bits per heavy atom. The molecule has 0 aromatic carbocycles. The first kappa shape index (κ1) is 12.4. The lowest BCUT2D eigenvalue weighted by Crippen LogP contribution is -2.41. The summed E-state index contributed by atoms with van der Waals surface area (Å²) in [6.07, 6.45) is 0. The molecule has 1 fully saturated rings. The summed E-state index contributed by atoms with van der Waals surface area (Å²) in [5.74, 6) is 0. The fourth-order valence-corrected chi connectivity index (χ4v) is 1.97. The van der Waals surface area contributed by atoms with E-state index in [1.807, 2.05) is 0 Å². The molecule has 5 nitrogen and oxygen atoms in total. The fourth-order valence-electron chi connectivity index (χ4n) is 1.97. The molecule has 0 aromatic rings. The van der Waals surface area contributed by atoms with Gasteiger partial charge in [-0.3, -0.25) is 19.9 Å². The maximum absolute atomic E-state index is 10.9. The number of rotatable bonds is 3. The van der Waals surface area contributed by atoms with Crippen molar-refractivity contribution in [2.75, 3.05) is 32.7 Å². The predicted octanol–water partition coefficient (Wildman–Crippen LogP) is 0.678. The van der Waals surface area contributed by atoms with Gasteiger partial charge in [-0.1, -0.05) is 6.92 Å². The number of nitrogens with zero attached hydrogens (tertiary/aromatic N) is 3. The Morgan fingerprint density at radius 3 is 2.53 bits per heavy atom. The molecule has 0 saturated carbocycles. The summed E-state index contributed by atoms with van der Waals surface area (Å²) in [6, 6.07) is -0.0425. The predicted molar refractivity (Wildman–Crippen MR) is 59.6 cm³/mol. The van der Waals surface area contributed by atoms with E-state index in [9.17, 15) is 10.1 Å². The number of hydrogen-bond acceptors (Lipinski definition) is 4. The highest BCUT2D eigenvalue weighted by molar-refractivity contribution is 4.77. The van der Waals surface area contributed by atoms with Gasteiger partial charge in [0.25, 0.3) is 0 Å². The van der Waals surface area contributed by atoms with Crippen molar-refractivity contribution in [1.82, 2.24) is 9.80 Å². The van der Waals surface area contributed by atoms with Crippen LogP contribution in [-0.4, -0.2) is 59.5 Å². The third-order valence-electron chi connectivity index (χ3n) is 3.09. The molecule has 0 N–H and O–H groups in total. The Kier molecular flexibility index (Phi) is 4.47. The Labute approximate surface area is 91.2 Å². The van der Waals surface area contributed by atoms with Crippen LogP contribution in [-0.2, 0) is 0 Å². The first-order valence-corrected chi connectivity index (χ1v) is 5.64. The van der Waals surface area contributed by atoms with Crippen LogP contribution in [0.15, 0.2) is 0 Å². The number of hydrogen-bond donors (Lipinski definition) is 0. The highest BCUT2D eigenvalue weighted by atomic mass is 16.6. The lowest BCUT2D eigenvalue weighted by Gasteiger charge is -2.24. The van der Waals surface area contributed by atoms with E-state index < -0.39 is 6.04 Å². The van der Waals surface area contributed by atoms with Crippen LogP contribution in [0.3, 0.4) is 0 Å². The van der Waals surface area contributed by atoms with Crippen molar-refractivity contribution in [3.05, 3.63) is 10.1 Å². The SMILES string of the molecule is CCN1CCN(C(C)C)CC([N+](=O)[O-])C1. The van der Waals surface area contributed by atoms with Crippen molar-refractivity contribution in [2.24, 2.45) is 0 Å².